The molecule has 4 nitrogen and oxygen atoms in total. The Morgan fingerprint density at radius 2 is 1.91 bits per heavy atom. The fourth-order valence-corrected chi connectivity index (χ4v) is 5.19. The molecular weight excluding hydrogens is 318 g/mol. The number of nitrogens with one attached hydrogen (secondary N) is 1. The highest BCUT2D eigenvalue weighted by Gasteiger charge is 2.33. The minimum absolute atomic E-state index is 0.0395. The second-order valence-electron chi connectivity index (χ2n) is 5.40. The predicted octanol–water partition coefficient (Wildman–Crippen LogP) is 2.79. The van der Waals surface area contributed by atoms with E-state index in [4.69, 9.17) is 0 Å². The van der Waals surface area contributed by atoms with Crippen LogP contribution in [0.3, 0.4) is 0 Å². The van der Waals surface area contributed by atoms with Gasteiger partial charge in [0.25, 0.3) is 0 Å². The summed E-state index contributed by atoms with van der Waals surface area (Å²) in [5, 5.41) is 3.79. The van der Waals surface area contributed by atoms with Gasteiger partial charge in [0, 0.05) is 12.5 Å². The number of thiophene rings is 1. The third kappa shape index (κ3) is 3.23. The van der Waals surface area contributed by atoms with Gasteiger partial charge in [0.05, 0.1) is 0 Å². The lowest BCUT2D eigenvalue weighted by Crippen LogP contribution is -2.32. The molecule has 1 aliphatic carbocycles. The Morgan fingerprint density at radius 3 is 2.50 bits per heavy atom. The van der Waals surface area contributed by atoms with E-state index in [1.807, 2.05) is 18.2 Å². The number of hydrogen-bond acceptors (Lipinski definition) is 4. The summed E-state index contributed by atoms with van der Waals surface area (Å²) in [4.78, 5) is 11.9. The summed E-state index contributed by atoms with van der Waals surface area (Å²) in [5.74, 6) is 0.0307. The van der Waals surface area contributed by atoms with Crippen LogP contribution in [-0.4, -0.2) is 20.9 Å². The van der Waals surface area contributed by atoms with E-state index >= 15 is 0 Å². The van der Waals surface area contributed by atoms with Gasteiger partial charge >= 0.3 is 0 Å². The van der Waals surface area contributed by atoms with E-state index in [1.54, 1.807) is 29.6 Å². The topological polar surface area (TPSA) is 63.2 Å². The SMILES string of the molecule is O=C(NC[C@H](c1ccccc1)S(=O)(=O)c1cccs1)C1CC1. The Hall–Kier alpha value is -1.66. The van der Waals surface area contributed by atoms with Crippen LogP contribution in [0.1, 0.15) is 23.7 Å². The summed E-state index contributed by atoms with van der Waals surface area (Å²) in [6.07, 6.45) is 1.80. The highest BCUT2D eigenvalue weighted by Crippen LogP contribution is 2.32. The average Bonchev–Trinajstić information content (AvgIpc) is 3.22. The van der Waals surface area contributed by atoms with Gasteiger partial charge in [0.1, 0.15) is 9.46 Å². The molecule has 2 aromatic rings. The Balaban J connectivity index is 1.87. The number of sulfone groups is 1. The molecule has 0 spiro atoms. The van der Waals surface area contributed by atoms with Gasteiger partial charge in [-0.15, -0.1) is 11.3 Å². The maximum atomic E-state index is 12.9. The molecular formula is C16H17NO3S2. The third-order valence-corrected chi connectivity index (χ3v) is 7.26. The Bertz CT molecular complexity index is 735. The fraction of sp³-hybridized carbons (Fsp3) is 0.312. The van der Waals surface area contributed by atoms with E-state index in [2.05, 4.69) is 5.32 Å². The molecule has 1 aromatic heterocycles. The zero-order valence-electron chi connectivity index (χ0n) is 11.9. The number of hydrogen-bond donors (Lipinski definition) is 1. The van der Waals surface area contributed by atoms with Crippen molar-refractivity contribution in [3.8, 4) is 0 Å². The second kappa shape index (κ2) is 6.22. The molecule has 3 rings (SSSR count). The van der Waals surface area contributed by atoms with Crippen molar-refractivity contribution in [1.29, 1.82) is 0 Å². The molecule has 1 saturated carbocycles. The van der Waals surface area contributed by atoms with Crippen LogP contribution in [0.4, 0.5) is 0 Å². The molecule has 1 aromatic carbocycles. The maximum absolute atomic E-state index is 12.9. The lowest BCUT2D eigenvalue weighted by Gasteiger charge is -2.18. The zero-order chi connectivity index (χ0) is 15.6. The summed E-state index contributed by atoms with van der Waals surface area (Å²) in [6.45, 7) is 0.111. The normalized spacial score (nSPS) is 16.2. The molecule has 0 radical (unpaired) electrons. The molecule has 22 heavy (non-hydrogen) atoms. The summed E-state index contributed by atoms with van der Waals surface area (Å²) < 4.78 is 26.0. The molecule has 1 fully saturated rings. The summed E-state index contributed by atoms with van der Waals surface area (Å²) in [6, 6.07) is 12.4. The van der Waals surface area contributed by atoms with Crippen molar-refractivity contribution < 1.29 is 13.2 Å². The lowest BCUT2D eigenvalue weighted by molar-refractivity contribution is -0.122. The largest absolute Gasteiger partial charge is 0.354 e. The maximum Gasteiger partial charge on any atom is 0.223 e. The van der Waals surface area contributed by atoms with Crippen LogP contribution in [0.2, 0.25) is 0 Å². The van der Waals surface area contributed by atoms with Crippen molar-refractivity contribution in [2.24, 2.45) is 5.92 Å². The van der Waals surface area contributed by atoms with Gasteiger partial charge in [-0.1, -0.05) is 36.4 Å². The molecule has 1 N–H and O–H groups in total. The van der Waals surface area contributed by atoms with Crippen molar-refractivity contribution in [3.63, 3.8) is 0 Å². The first kappa shape index (κ1) is 15.2. The van der Waals surface area contributed by atoms with Gasteiger partial charge in [-0.25, -0.2) is 8.42 Å². The summed E-state index contributed by atoms with van der Waals surface area (Å²) >= 11 is 1.21. The van der Waals surface area contributed by atoms with Crippen LogP contribution in [0.25, 0.3) is 0 Å². The van der Waals surface area contributed by atoms with E-state index in [0.717, 1.165) is 12.8 Å². The van der Waals surface area contributed by atoms with E-state index in [-0.39, 0.29) is 18.4 Å². The standard InChI is InChI=1S/C16H17NO3S2/c18-16(13-8-9-13)17-11-14(12-5-2-1-3-6-12)22(19,20)15-7-4-10-21-15/h1-7,10,13-14H,8-9,11H2,(H,17,18)/t14-/m1/s1. The van der Waals surface area contributed by atoms with Crippen molar-refractivity contribution in [2.75, 3.05) is 6.54 Å². The molecule has 6 heteroatoms. The van der Waals surface area contributed by atoms with Crippen molar-refractivity contribution >= 4 is 27.1 Å². The van der Waals surface area contributed by atoms with Crippen molar-refractivity contribution in [2.45, 2.75) is 22.3 Å². The molecule has 0 unspecified atom stereocenters. The molecule has 1 atom stereocenters. The highest BCUT2D eigenvalue weighted by molar-refractivity contribution is 7.93. The van der Waals surface area contributed by atoms with Gasteiger partial charge in [-0.3, -0.25) is 4.79 Å². The predicted molar refractivity (Wildman–Crippen MR) is 86.4 cm³/mol. The van der Waals surface area contributed by atoms with Gasteiger partial charge in [-0.05, 0) is 29.9 Å². The van der Waals surface area contributed by atoms with Crippen molar-refractivity contribution in [1.82, 2.24) is 5.32 Å². The third-order valence-electron chi connectivity index (χ3n) is 3.73. The Morgan fingerprint density at radius 1 is 1.18 bits per heavy atom. The number of amides is 1. The summed E-state index contributed by atoms with van der Waals surface area (Å²) in [5.41, 5.74) is 0.701. The molecule has 0 saturated heterocycles. The zero-order valence-corrected chi connectivity index (χ0v) is 13.6. The monoisotopic (exact) mass is 335 g/mol. The van der Waals surface area contributed by atoms with E-state index in [9.17, 15) is 13.2 Å². The molecule has 1 amide bonds. The smallest absolute Gasteiger partial charge is 0.223 e. The molecule has 1 aliphatic rings. The molecule has 116 valence electrons. The second-order valence-corrected chi connectivity index (χ2v) is 8.70. The van der Waals surface area contributed by atoms with Gasteiger partial charge in [-0.2, -0.15) is 0 Å². The van der Waals surface area contributed by atoms with E-state index in [0.29, 0.717) is 9.77 Å². The van der Waals surface area contributed by atoms with Gasteiger partial charge < -0.3 is 5.32 Å². The first-order valence-electron chi connectivity index (χ1n) is 7.19. The van der Waals surface area contributed by atoms with E-state index in [1.165, 1.54) is 11.3 Å². The lowest BCUT2D eigenvalue weighted by atomic mass is 10.1. The minimum Gasteiger partial charge on any atom is -0.354 e. The minimum atomic E-state index is -3.51. The molecule has 0 bridgehead atoms. The number of benzene rings is 1. The molecule has 0 aliphatic heterocycles. The van der Waals surface area contributed by atoms with Crippen LogP contribution < -0.4 is 5.32 Å². The van der Waals surface area contributed by atoms with E-state index < -0.39 is 15.1 Å². The number of carbonyl (C=O) groups excluding carboxylic acids is 1. The van der Waals surface area contributed by atoms with Crippen molar-refractivity contribution in [3.05, 3.63) is 53.4 Å². The first-order valence-corrected chi connectivity index (χ1v) is 9.61. The van der Waals surface area contributed by atoms with Gasteiger partial charge in [0.15, 0.2) is 9.84 Å². The number of rotatable bonds is 6. The first-order chi connectivity index (χ1) is 10.6. The number of carbonyl (C=O) groups is 1. The Kier molecular flexibility index (Phi) is 4.31. The van der Waals surface area contributed by atoms with Crippen LogP contribution in [0.5, 0.6) is 0 Å². The Labute approximate surface area is 134 Å². The highest BCUT2D eigenvalue weighted by atomic mass is 32.2. The van der Waals surface area contributed by atoms with Crippen LogP contribution in [-0.2, 0) is 14.6 Å². The average molecular weight is 335 g/mol. The molecule has 1 heterocycles. The fourth-order valence-electron chi connectivity index (χ4n) is 2.32. The quantitative estimate of drug-likeness (QED) is 0.883. The van der Waals surface area contributed by atoms with Gasteiger partial charge in [0.2, 0.25) is 5.91 Å². The summed E-state index contributed by atoms with van der Waals surface area (Å²) in [7, 11) is -3.51. The van der Waals surface area contributed by atoms with Crippen LogP contribution >= 0.6 is 11.3 Å². The van der Waals surface area contributed by atoms with Crippen LogP contribution in [0, 0.1) is 5.92 Å². The van der Waals surface area contributed by atoms with Crippen LogP contribution in [0.15, 0.2) is 52.1 Å².